The maximum atomic E-state index is 5.52. The molecule has 6 nitrogen and oxygen atoms in total. The Morgan fingerprint density at radius 3 is 2.85 bits per heavy atom. The highest BCUT2D eigenvalue weighted by atomic mass is 15.4. The molecule has 0 spiro atoms. The fraction of sp³-hybridized carbons (Fsp3) is 0.286. The molecule has 0 aliphatic carbocycles. The quantitative estimate of drug-likeness (QED) is 0.681. The first kappa shape index (κ1) is 7.78. The standard InChI is InChI=1S/C7H10N6/c1-12-7(9-5-11-12)4-13-3-6(8)2-10-13/h2-3,5H,4,8H2,1H3. The van der Waals surface area contributed by atoms with E-state index in [-0.39, 0.29) is 0 Å². The number of nitrogen functional groups attached to an aromatic ring is 1. The molecule has 0 saturated heterocycles. The predicted octanol–water partition coefficient (Wildman–Crippen LogP) is -0.358. The van der Waals surface area contributed by atoms with Crippen molar-refractivity contribution in [2.75, 3.05) is 5.73 Å². The van der Waals surface area contributed by atoms with Gasteiger partial charge in [-0.15, -0.1) is 0 Å². The minimum atomic E-state index is 0.591. The van der Waals surface area contributed by atoms with E-state index in [9.17, 15) is 0 Å². The Kier molecular flexibility index (Phi) is 1.73. The van der Waals surface area contributed by atoms with Crippen molar-refractivity contribution in [1.29, 1.82) is 0 Å². The number of nitrogens with two attached hydrogens (primary N) is 1. The lowest BCUT2D eigenvalue weighted by Gasteiger charge is -1.99. The molecule has 0 saturated carbocycles. The van der Waals surface area contributed by atoms with E-state index in [1.54, 1.807) is 21.8 Å². The first-order chi connectivity index (χ1) is 6.25. The van der Waals surface area contributed by atoms with Gasteiger partial charge in [0.2, 0.25) is 0 Å². The number of aromatic nitrogens is 5. The van der Waals surface area contributed by atoms with Gasteiger partial charge in [0.05, 0.1) is 11.9 Å². The molecular weight excluding hydrogens is 168 g/mol. The summed E-state index contributed by atoms with van der Waals surface area (Å²) >= 11 is 0. The number of rotatable bonds is 2. The lowest BCUT2D eigenvalue weighted by Crippen LogP contribution is -2.07. The van der Waals surface area contributed by atoms with E-state index in [0.29, 0.717) is 12.2 Å². The third-order valence-corrected chi connectivity index (χ3v) is 1.76. The molecule has 13 heavy (non-hydrogen) atoms. The lowest BCUT2D eigenvalue weighted by molar-refractivity contribution is 0.608. The van der Waals surface area contributed by atoms with Crippen molar-refractivity contribution >= 4 is 5.69 Å². The van der Waals surface area contributed by atoms with Crippen LogP contribution in [0.15, 0.2) is 18.7 Å². The maximum absolute atomic E-state index is 5.52. The highest BCUT2D eigenvalue weighted by Gasteiger charge is 2.01. The lowest BCUT2D eigenvalue weighted by atomic mass is 10.6. The summed E-state index contributed by atoms with van der Waals surface area (Å²) in [5.41, 5.74) is 6.17. The number of nitrogens with zero attached hydrogens (tertiary/aromatic N) is 5. The van der Waals surface area contributed by atoms with Gasteiger partial charge in [0.15, 0.2) is 0 Å². The zero-order chi connectivity index (χ0) is 9.26. The molecule has 0 amide bonds. The fourth-order valence-electron chi connectivity index (χ4n) is 1.07. The second-order valence-corrected chi connectivity index (χ2v) is 2.77. The predicted molar refractivity (Wildman–Crippen MR) is 46.7 cm³/mol. The molecule has 2 aromatic rings. The molecule has 0 unspecified atom stereocenters. The average Bonchev–Trinajstić information content (AvgIpc) is 2.64. The van der Waals surface area contributed by atoms with Crippen LogP contribution in [0.4, 0.5) is 5.69 Å². The molecule has 68 valence electrons. The normalized spacial score (nSPS) is 10.5. The van der Waals surface area contributed by atoms with Crippen LogP contribution in [0.5, 0.6) is 0 Å². The smallest absolute Gasteiger partial charge is 0.148 e. The molecule has 0 aliphatic rings. The largest absolute Gasteiger partial charge is 0.396 e. The second-order valence-electron chi connectivity index (χ2n) is 2.77. The van der Waals surface area contributed by atoms with E-state index in [4.69, 9.17) is 5.73 Å². The maximum Gasteiger partial charge on any atom is 0.148 e. The van der Waals surface area contributed by atoms with E-state index in [1.807, 2.05) is 7.05 Å². The highest BCUT2D eigenvalue weighted by Crippen LogP contribution is 2.00. The molecule has 2 heterocycles. The van der Waals surface area contributed by atoms with Crippen molar-refractivity contribution < 1.29 is 0 Å². The molecule has 0 aliphatic heterocycles. The van der Waals surface area contributed by atoms with Crippen LogP contribution >= 0.6 is 0 Å². The summed E-state index contributed by atoms with van der Waals surface area (Å²) in [6.45, 7) is 0.591. The van der Waals surface area contributed by atoms with Crippen LogP contribution in [-0.4, -0.2) is 24.5 Å². The Bertz CT molecular complexity index is 401. The van der Waals surface area contributed by atoms with E-state index in [0.717, 1.165) is 5.82 Å². The number of anilines is 1. The number of aryl methyl sites for hydroxylation is 1. The Morgan fingerprint density at radius 1 is 1.46 bits per heavy atom. The summed E-state index contributed by atoms with van der Waals surface area (Å²) in [4.78, 5) is 4.07. The summed E-state index contributed by atoms with van der Waals surface area (Å²) in [5, 5.41) is 8.00. The SMILES string of the molecule is Cn1ncnc1Cn1cc(N)cn1. The zero-order valence-electron chi connectivity index (χ0n) is 7.25. The van der Waals surface area contributed by atoms with Crippen molar-refractivity contribution in [2.24, 2.45) is 7.05 Å². The third kappa shape index (κ3) is 1.51. The van der Waals surface area contributed by atoms with Gasteiger partial charge in [-0.2, -0.15) is 10.2 Å². The second kappa shape index (κ2) is 2.89. The van der Waals surface area contributed by atoms with Gasteiger partial charge in [0, 0.05) is 13.2 Å². The average molecular weight is 178 g/mol. The summed E-state index contributed by atoms with van der Waals surface area (Å²) in [5.74, 6) is 0.850. The van der Waals surface area contributed by atoms with Crippen molar-refractivity contribution in [1.82, 2.24) is 24.5 Å². The molecule has 0 fully saturated rings. The van der Waals surface area contributed by atoms with Crippen LogP contribution in [0.25, 0.3) is 0 Å². The van der Waals surface area contributed by atoms with Gasteiger partial charge in [-0.05, 0) is 0 Å². The molecule has 0 aromatic carbocycles. The third-order valence-electron chi connectivity index (χ3n) is 1.76. The summed E-state index contributed by atoms with van der Waals surface area (Å²) < 4.78 is 3.43. The Hall–Kier alpha value is -1.85. The zero-order valence-corrected chi connectivity index (χ0v) is 7.25. The number of hydrogen-bond acceptors (Lipinski definition) is 4. The number of hydrogen-bond donors (Lipinski definition) is 1. The van der Waals surface area contributed by atoms with Crippen LogP contribution in [0, 0.1) is 0 Å². The van der Waals surface area contributed by atoms with Crippen molar-refractivity contribution in [3.8, 4) is 0 Å². The molecule has 0 atom stereocenters. The van der Waals surface area contributed by atoms with Gasteiger partial charge in [0.25, 0.3) is 0 Å². The first-order valence-electron chi connectivity index (χ1n) is 3.86. The monoisotopic (exact) mass is 178 g/mol. The van der Waals surface area contributed by atoms with Gasteiger partial charge in [-0.25, -0.2) is 4.98 Å². The van der Waals surface area contributed by atoms with Gasteiger partial charge in [0.1, 0.15) is 18.7 Å². The molecule has 0 radical (unpaired) electrons. The summed E-state index contributed by atoms with van der Waals surface area (Å²) in [6, 6.07) is 0. The van der Waals surface area contributed by atoms with E-state index in [1.165, 1.54) is 6.33 Å². The topological polar surface area (TPSA) is 74.5 Å². The van der Waals surface area contributed by atoms with E-state index in [2.05, 4.69) is 15.2 Å². The molecular formula is C7H10N6. The van der Waals surface area contributed by atoms with Crippen LogP contribution < -0.4 is 5.73 Å². The Labute approximate surface area is 75.0 Å². The minimum absolute atomic E-state index is 0.591. The molecule has 2 N–H and O–H groups in total. The van der Waals surface area contributed by atoms with Gasteiger partial charge < -0.3 is 5.73 Å². The molecule has 2 aromatic heterocycles. The van der Waals surface area contributed by atoms with Gasteiger partial charge in [-0.3, -0.25) is 9.36 Å². The Morgan fingerprint density at radius 2 is 2.31 bits per heavy atom. The minimum Gasteiger partial charge on any atom is -0.396 e. The first-order valence-corrected chi connectivity index (χ1v) is 3.86. The van der Waals surface area contributed by atoms with Crippen LogP contribution in [0.3, 0.4) is 0 Å². The molecule has 0 bridgehead atoms. The van der Waals surface area contributed by atoms with E-state index < -0.39 is 0 Å². The molecule has 6 heteroatoms. The molecule has 2 rings (SSSR count). The Balaban J connectivity index is 2.19. The summed E-state index contributed by atoms with van der Waals surface area (Å²) in [6.07, 6.45) is 4.88. The highest BCUT2D eigenvalue weighted by molar-refractivity contribution is 5.30. The van der Waals surface area contributed by atoms with Crippen LogP contribution in [0.1, 0.15) is 5.82 Å². The van der Waals surface area contributed by atoms with Crippen LogP contribution in [-0.2, 0) is 13.6 Å². The fourth-order valence-corrected chi connectivity index (χ4v) is 1.07. The van der Waals surface area contributed by atoms with Gasteiger partial charge >= 0.3 is 0 Å². The van der Waals surface area contributed by atoms with Crippen LogP contribution in [0.2, 0.25) is 0 Å². The summed E-state index contributed by atoms with van der Waals surface area (Å²) in [7, 11) is 1.84. The van der Waals surface area contributed by atoms with Crippen molar-refractivity contribution in [3.63, 3.8) is 0 Å². The van der Waals surface area contributed by atoms with Gasteiger partial charge in [-0.1, -0.05) is 0 Å². The van der Waals surface area contributed by atoms with E-state index >= 15 is 0 Å². The van der Waals surface area contributed by atoms with Crippen molar-refractivity contribution in [3.05, 3.63) is 24.5 Å². The van der Waals surface area contributed by atoms with Crippen molar-refractivity contribution in [2.45, 2.75) is 6.54 Å².